The Kier molecular flexibility index (Phi) is 6.35. The van der Waals surface area contributed by atoms with Crippen LogP contribution in [0.1, 0.15) is 22.7 Å². The fourth-order valence-corrected chi connectivity index (χ4v) is 4.11. The van der Waals surface area contributed by atoms with Crippen LogP contribution in [0, 0.1) is 5.82 Å². The minimum atomic E-state index is -0.842. The van der Waals surface area contributed by atoms with Crippen LogP contribution < -0.4 is 5.73 Å². The fourth-order valence-electron chi connectivity index (χ4n) is 3.84. The molecule has 3 N–H and O–H groups in total. The third-order valence-corrected chi connectivity index (χ3v) is 5.62. The lowest BCUT2D eigenvalue weighted by molar-refractivity contribution is -0.132. The van der Waals surface area contributed by atoms with Gasteiger partial charge in [-0.2, -0.15) is 0 Å². The molecule has 7 heteroatoms. The van der Waals surface area contributed by atoms with Crippen molar-refractivity contribution in [2.24, 2.45) is 5.73 Å². The van der Waals surface area contributed by atoms with E-state index < -0.39 is 11.9 Å². The zero-order valence-corrected chi connectivity index (χ0v) is 17.8. The van der Waals surface area contributed by atoms with Crippen LogP contribution in [0.25, 0.3) is 10.9 Å². The molecule has 0 radical (unpaired) electrons. The number of pyridine rings is 1. The first-order chi connectivity index (χ1) is 15.5. The number of carbonyl (C=O) groups excluding carboxylic acids is 1. The van der Waals surface area contributed by atoms with E-state index >= 15 is 0 Å². The van der Waals surface area contributed by atoms with Crippen molar-refractivity contribution in [3.05, 3.63) is 107 Å². The van der Waals surface area contributed by atoms with E-state index in [2.05, 4.69) is 4.98 Å². The number of hydrogen-bond donors (Lipinski definition) is 2. The second kappa shape index (κ2) is 9.34. The Morgan fingerprint density at radius 3 is 2.59 bits per heavy atom. The van der Waals surface area contributed by atoms with Gasteiger partial charge in [-0.3, -0.25) is 9.78 Å². The summed E-state index contributed by atoms with van der Waals surface area (Å²) in [6.07, 6.45) is 1.55. The van der Waals surface area contributed by atoms with Crippen molar-refractivity contribution in [2.75, 3.05) is 6.54 Å². The Balaban J connectivity index is 1.95. The number of amides is 1. The minimum Gasteiger partial charge on any atom is -0.505 e. The molecular weight excluding hydrogens is 429 g/mol. The molecule has 1 heterocycles. The van der Waals surface area contributed by atoms with Crippen molar-refractivity contribution in [2.45, 2.75) is 12.6 Å². The molecular formula is C25H21ClFN3O2. The van der Waals surface area contributed by atoms with Crippen molar-refractivity contribution >= 4 is 28.4 Å². The number of fused-ring (bicyclic) bond motifs is 1. The first kappa shape index (κ1) is 21.7. The molecule has 1 aromatic heterocycles. The molecule has 0 aliphatic carbocycles. The molecule has 0 bridgehead atoms. The number of hydrogen-bond acceptors (Lipinski definition) is 4. The van der Waals surface area contributed by atoms with E-state index in [4.69, 9.17) is 17.3 Å². The molecule has 5 nitrogen and oxygen atoms in total. The van der Waals surface area contributed by atoms with Crippen LogP contribution in [0.5, 0.6) is 5.75 Å². The van der Waals surface area contributed by atoms with Gasteiger partial charge < -0.3 is 15.7 Å². The maximum Gasteiger partial charge on any atom is 0.237 e. The fraction of sp³-hybridized carbons (Fsp3) is 0.120. The van der Waals surface area contributed by atoms with Crippen molar-refractivity contribution in [3.63, 3.8) is 0 Å². The SMILES string of the molecule is NCC(=O)N(Cc1ccccc1)C(c1cccc(F)c1)c1cc(Cl)c2cccnc2c1O. The highest BCUT2D eigenvalue weighted by molar-refractivity contribution is 6.35. The molecule has 1 amide bonds. The standard InChI is InChI=1S/C25H21ClFN3O2/c26-21-13-20(25(32)23-19(21)10-5-11-29-23)24(17-8-4-9-18(27)12-17)30(22(31)14-28)15-16-6-2-1-3-7-16/h1-13,24,32H,14-15,28H2. The van der Waals surface area contributed by atoms with Gasteiger partial charge in [0, 0.05) is 23.7 Å². The predicted octanol–water partition coefficient (Wildman–Crippen LogP) is 4.81. The van der Waals surface area contributed by atoms with Crippen LogP contribution in [0.3, 0.4) is 0 Å². The molecule has 4 aromatic rings. The topological polar surface area (TPSA) is 79.5 Å². The summed E-state index contributed by atoms with van der Waals surface area (Å²) >= 11 is 6.52. The van der Waals surface area contributed by atoms with Crippen LogP contribution in [-0.2, 0) is 11.3 Å². The van der Waals surface area contributed by atoms with Crippen molar-refractivity contribution in [1.29, 1.82) is 0 Å². The maximum atomic E-state index is 14.2. The van der Waals surface area contributed by atoms with E-state index in [1.165, 1.54) is 17.0 Å². The molecule has 0 saturated carbocycles. The Hall–Kier alpha value is -3.48. The molecule has 0 fully saturated rings. The van der Waals surface area contributed by atoms with Crippen LogP contribution in [-0.4, -0.2) is 27.4 Å². The number of nitrogens with zero attached hydrogens (tertiary/aromatic N) is 2. The lowest BCUT2D eigenvalue weighted by Crippen LogP contribution is -2.39. The summed E-state index contributed by atoms with van der Waals surface area (Å²) in [5, 5.41) is 12.1. The minimum absolute atomic E-state index is 0.123. The van der Waals surface area contributed by atoms with Crippen molar-refractivity contribution in [3.8, 4) is 5.75 Å². The number of halogens is 2. The zero-order chi connectivity index (χ0) is 22.7. The average Bonchev–Trinajstić information content (AvgIpc) is 2.82. The summed E-state index contributed by atoms with van der Waals surface area (Å²) in [5.41, 5.74) is 7.72. The summed E-state index contributed by atoms with van der Waals surface area (Å²) in [6, 6.07) is 19.5. The number of phenolic OH excluding ortho intramolecular Hbond substituents is 1. The number of carbonyl (C=O) groups is 1. The van der Waals surface area contributed by atoms with E-state index in [9.17, 15) is 14.3 Å². The zero-order valence-electron chi connectivity index (χ0n) is 17.1. The summed E-state index contributed by atoms with van der Waals surface area (Å²) < 4.78 is 14.2. The number of benzene rings is 3. The quantitative estimate of drug-likeness (QED) is 0.442. The third-order valence-electron chi connectivity index (χ3n) is 5.31. The molecule has 32 heavy (non-hydrogen) atoms. The first-order valence-corrected chi connectivity index (χ1v) is 10.4. The highest BCUT2D eigenvalue weighted by Gasteiger charge is 2.30. The van der Waals surface area contributed by atoms with Gasteiger partial charge in [-0.15, -0.1) is 0 Å². The van der Waals surface area contributed by atoms with Crippen LogP contribution >= 0.6 is 11.6 Å². The van der Waals surface area contributed by atoms with E-state index in [1.807, 2.05) is 30.3 Å². The Morgan fingerprint density at radius 2 is 1.88 bits per heavy atom. The molecule has 1 unspecified atom stereocenters. The lowest BCUT2D eigenvalue weighted by Gasteiger charge is -2.33. The number of aromatic hydroxyl groups is 1. The van der Waals surface area contributed by atoms with Gasteiger partial charge in [0.1, 0.15) is 17.1 Å². The highest BCUT2D eigenvalue weighted by Crippen LogP contribution is 2.41. The van der Waals surface area contributed by atoms with E-state index in [-0.39, 0.29) is 24.7 Å². The van der Waals surface area contributed by atoms with E-state index in [0.29, 0.717) is 27.1 Å². The lowest BCUT2D eigenvalue weighted by atomic mass is 9.94. The number of aromatic nitrogens is 1. The highest BCUT2D eigenvalue weighted by atomic mass is 35.5. The van der Waals surface area contributed by atoms with E-state index in [1.54, 1.807) is 36.5 Å². The summed E-state index contributed by atoms with van der Waals surface area (Å²) in [4.78, 5) is 18.8. The Labute approximate surface area is 189 Å². The van der Waals surface area contributed by atoms with Gasteiger partial charge in [-0.1, -0.05) is 54.1 Å². The molecule has 4 rings (SSSR count). The summed E-state index contributed by atoms with van der Waals surface area (Å²) in [6.45, 7) is -0.0473. The molecule has 3 aromatic carbocycles. The van der Waals surface area contributed by atoms with Crippen LogP contribution in [0.4, 0.5) is 4.39 Å². The van der Waals surface area contributed by atoms with E-state index in [0.717, 1.165) is 5.56 Å². The van der Waals surface area contributed by atoms with Crippen LogP contribution in [0.2, 0.25) is 5.02 Å². The molecule has 0 saturated heterocycles. The Morgan fingerprint density at radius 1 is 1.09 bits per heavy atom. The largest absolute Gasteiger partial charge is 0.505 e. The molecule has 162 valence electrons. The van der Waals surface area contributed by atoms with Gasteiger partial charge in [0.2, 0.25) is 5.91 Å². The van der Waals surface area contributed by atoms with Gasteiger partial charge in [0.05, 0.1) is 17.6 Å². The molecule has 0 aliphatic rings. The predicted molar refractivity (Wildman–Crippen MR) is 123 cm³/mol. The normalized spacial score (nSPS) is 12.0. The number of phenols is 1. The van der Waals surface area contributed by atoms with Crippen LogP contribution in [0.15, 0.2) is 79.0 Å². The third kappa shape index (κ3) is 4.28. The van der Waals surface area contributed by atoms with Gasteiger partial charge in [0.25, 0.3) is 0 Å². The second-order valence-corrected chi connectivity index (χ2v) is 7.77. The van der Waals surface area contributed by atoms with Gasteiger partial charge >= 0.3 is 0 Å². The van der Waals surface area contributed by atoms with Crippen molar-refractivity contribution in [1.82, 2.24) is 9.88 Å². The number of nitrogens with two attached hydrogens (primary N) is 1. The van der Waals surface area contributed by atoms with Crippen molar-refractivity contribution < 1.29 is 14.3 Å². The second-order valence-electron chi connectivity index (χ2n) is 7.36. The monoisotopic (exact) mass is 449 g/mol. The first-order valence-electron chi connectivity index (χ1n) is 10.0. The van der Waals surface area contributed by atoms with Gasteiger partial charge in [0.15, 0.2) is 0 Å². The van der Waals surface area contributed by atoms with Gasteiger partial charge in [-0.25, -0.2) is 4.39 Å². The Bertz CT molecular complexity index is 1270. The smallest absolute Gasteiger partial charge is 0.237 e. The number of rotatable bonds is 6. The molecule has 0 spiro atoms. The average molecular weight is 450 g/mol. The summed E-state index contributed by atoms with van der Waals surface area (Å²) in [5.74, 6) is -0.946. The summed E-state index contributed by atoms with van der Waals surface area (Å²) in [7, 11) is 0. The molecule has 1 atom stereocenters. The molecule has 0 aliphatic heterocycles. The van der Waals surface area contributed by atoms with Gasteiger partial charge in [-0.05, 0) is 41.5 Å². The maximum absolute atomic E-state index is 14.2.